The van der Waals surface area contributed by atoms with Crippen LogP contribution < -0.4 is 0 Å². The van der Waals surface area contributed by atoms with Gasteiger partial charge in [-0.3, -0.25) is 0 Å². The second kappa shape index (κ2) is 5.41. The molecule has 1 aliphatic carbocycles. The van der Waals surface area contributed by atoms with Gasteiger partial charge in [-0.1, -0.05) is 0 Å². The van der Waals surface area contributed by atoms with Crippen molar-refractivity contribution in [3.63, 3.8) is 0 Å². The van der Waals surface area contributed by atoms with E-state index in [4.69, 9.17) is 0 Å². The van der Waals surface area contributed by atoms with Gasteiger partial charge in [0.05, 0.1) is 0 Å². The third kappa shape index (κ3) is 4.45. The summed E-state index contributed by atoms with van der Waals surface area (Å²) in [4.78, 5) is 0. The Kier molecular flexibility index (Phi) is 4.48. The molecule has 0 fully saturated rings. The molecule has 0 atom stereocenters. The number of rotatable bonds is 3. The van der Waals surface area contributed by atoms with Gasteiger partial charge in [-0.25, -0.2) is 0 Å². The quantitative estimate of drug-likeness (QED) is 0.489. The molecule has 0 bridgehead atoms. The maximum atomic E-state index is 2.42. The fourth-order valence-corrected chi connectivity index (χ4v) is 2.70. The Morgan fingerprint density at radius 3 is 2.69 bits per heavy atom. The summed E-state index contributed by atoms with van der Waals surface area (Å²) in [6, 6.07) is 0. The van der Waals surface area contributed by atoms with E-state index in [9.17, 15) is 0 Å². The van der Waals surface area contributed by atoms with Crippen LogP contribution in [0.5, 0.6) is 0 Å². The fourth-order valence-electron chi connectivity index (χ4n) is 1.26. The molecule has 0 nitrogen and oxygen atoms in total. The summed E-state index contributed by atoms with van der Waals surface area (Å²) >= 11 is 0.0104. The first kappa shape index (κ1) is 10.8. The summed E-state index contributed by atoms with van der Waals surface area (Å²) in [6.07, 6.45) is 10.1. The molecule has 0 aliphatic heterocycles. The van der Waals surface area contributed by atoms with Gasteiger partial charge in [0.25, 0.3) is 0 Å². The van der Waals surface area contributed by atoms with Crippen LogP contribution in [0.4, 0.5) is 0 Å². The first-order chi connectivity index (χ1) is 6.18. The Labute approximate surface area is 90.0 Å². The Hall–Kier alpha value is -0.326. The van der Waals surface area contributed by atoms with E-state index in [1.165, 1.54) is 17.6 Å². The van der Waals surface area contributed by atoms with Crippen LogP contribution in [0.15, 0.2) is 43.7 Å². The molecule has 68 valence electrons. The van der Waals surface area contributed by atoms with Gasteiger partial charge >= 0.3 is 90.1 Å². The van der Waals surface area contributed by atoms with E-state index in [-0.39, 0.29) is 19.2 Å². The third-order valence-electron chi connectivity index (χ3n) is 1.77. The van der Waals surface area contributed by atoms with Gasteiger partial charge in [0.1, 0.15) is 0 Å². The van der Waals surface area contributed by atoms with E-state index >= 15 is 0 Å². The summed E-state index contributed by atoms with van der Waals surface area (Å²) in [7, 11) is 0. The monoisotopic (exact) mass is 208 g/mol. The topological polar surface area (TPSA) is 0 Å². The molecule has 1 rings (SSSR count). The van der Waals surface area contributed by atoms with E-state index in [0.29, 0.717) is 0 Å². The second-order valence-electron chi connectivity index (χ2n) is 3.58. The average molecular weight is 208 g/mol. The van der Waals surface area contributed by atoms with Crippen LogP contribution in [-0.4, -0.2) is 0 Å². The van der Waals surface area contributed by atoms with Crippen molar-refractivity contribution in [3.05, 3.63) is 43.7 Å². The summed E-state index contributed by atoms with van der Waals surface area (Å²) in [6.45, 7) is 6.49. The van der Waals surface area contributed by atoms with Gasteiger partial charge in [-0.05, 0) is 0 Å². The molecule has 0 saturated heterocycles. The van der Waals surface area contributed by atoms with Crippen LogP contribution in [0.25, 0.3) is 0 Å². The van der Waals surface area contributed by atoms with Crippen molar-refractivity contribution in [2.45, 2.75) is 27.2 Å². The normalized spacial score (nSPS) is 15.6. The van der Waals surface area contributed by atoms with E-state index in [2.05, 4.69) is 49.5 Å². The number of hydrogen-bond donors (Lipinski definition) is 0. The minimum atomic E-state index is 0.0104. The van der Waals surface area contributed by atoms with Crippen molar-refractivity contribution in [1.29, 1.82) is 0 Å². The fraction of sp³-hybridized carbons (Fsp3) is 0.333. The van der Waals surface area contributed by atoms with Crippen molar-refractivity contribution in [3.8, 4) is 0 Å². The van der Waals surface area contributed by atoms with Gasteiger partial charge < -0.3 is 0 Å². The standard InChI is InChI=1S/C7H11.C5H5.Ti/c1-6(2)5-7(3)4;1-2-4-5-3-1;/h1,5H,2-4H3;1-3H,4H2;. The predicted molar refractivity (Wildman–Crippen MR) is 55.0 cm³/mol. The molecule has 0 aromatic carbocycles. The minimum absolute atomic E-state index is 0.0104. The van der Waals surface area contributed by atoms with Crippen LogP contribution in [-0.2, 0) is 19.2 Å². The molecule has 1 heteroatoms. The molecule has 0 heterocycles. The molecule has 0 saturated carbocycles. The second-order valence-corrected chi connectivity index (χ2v) is 5.48. The Bertz CT molecular complexity index is 286. The Morgan fingerprint density at radius 1 is 1.38 bits per heavy atom. The first-order valence-electron chi connectivity index (χ1n) is 4.62. The zero-order valence-corrected chi connectivity index (χ0v) is 10.2. The molecule has 0 radical (unpaired) electrons. The molecular weight excluding hydrogens is 192 g/mol. The molecule has 0 N–H and O–H groups in total. The zero-order chi connectivity index (χ0) is 9.68. The molecular formula is C12H16Ti. The number of allylic oxidation sites excluding steroid dienone is 7. The van der Waals surface area contributed by atoms with Crippen molar-refractivity contribution >= 4 is 0 Å². The molecule has 1 aliphatic rings. The van der Waals surface area contributed by atoms with Gasteiger partial charge in [-0.15, -0.1) is 0 Å². The summed E-state index contributed by atoms with van der Waals surface area (Å²) in [5, 5.41) is 0. The maximum absolute atomic E-state index is 2.42. The van der Waals surface area contributed by atoms with Crippen LogP contribution in [0, 0.1) is 0 Å². The van der Waals surface area contributed by atoms with Gasteiger partial charge in [0, 0.05) is 0 Å². The van der Waals surface area contributed by atoms with Crippen molar-refractivity contribution in [2.24, 2.45) is 0 Å². The molecule has 13 heavy (non-hydrogen) atoms. The van der Waals surface area contributed by atoms with Crippen LogP contribution in [0.1, 0.15) is 27.2 Å². The van der Waals surface area contributed by atoms with E-state index < -0.39 is 0 Å². The van der Waals surface area contributed by atoms with Gasteiger partial charge in [0.15, 0.2) is 0 Å². The molecule has 0 amide bonds. The van der Waals surface area contributed by atoms with Gasteiger partial charge in [0.2, 0.25) is 0 Å². The van der Waals surface area contributed by atoms with Crippen LogP contribution >= 0.6 is 0 Å². The van der Waals surface area contributed by atoms with Crippen molar-refractivity contribution in [1.82, 2.24) is 0 Å². The predicted octanol–water partition coefficient (Wildman–Crippen LogP) is 3.78. The van der Waals surface area contributed by atoms with E-state index in [1.807, 2.05) is 0 Å². The molecule has 0 spiro atoms. The van der Waals surface area contributed by atoms with E-state index in [1.54, 1.807) is 3.88 Å². The van der Waals surface area contributed by atoms with Crippen LogP contribution in [0.3, 0.4) is 0 Å². The Morgan fingerprint density at radius 2 is 2.15 bits per heavy atom. The third-order valence-corrected chi connectivity index (χ3v) is 3.87. The summed E-state index contributed by atoms with van der Waals surface area (Å²) in [5.41, 5.74) is 2.81. The Balaban J connectivity index is 2.43. The van der Waals surface area contributed by atoms with Gasteiger partial charge in [-0.2, -0.15) is 0 Å². The van der Waals surface area contributed by atoms with Crippen molar-refractivity contribution in [2.75, 3.05) is 0 Å². The zero-order valence-electron chi connectivity index (χ0n) is 8.59. The average Bonchev–Trinajstić information content (AvgIpc) is 2.51. The SMILES string of the molecule is CC(C)=C/C(C)=[CH]\[Ti][C]1=CC=CC1. The first-order valence-corrected chi connectivity index (χ1v) is 6.30. The summed E-state index contributed by atoms with van der Waals surface area (Å²) in [5.74, 6) is 0. The molecule has 0 unspecified atom stereocenters. The van der Waals surface area contributed by atoms with Crippen molar-refractivity contribution < 1.29 is 19.2 Å². The summed E-state index contributed by atoms with van der Waals surface area (Å²) < 4.78 is 4.06. The van der Waals surface area contributed by atoms with Crippen LogP contribution in [0.2, 0.25) is 0 Å². The molecule has 0 aromatic heterocycles. The van der Waals surface area contributed by atoms with E-state index in [0.717, 1.165) is 0 Å². The number of hydrogen-bond acceptors (Lipinski definition) is 0. The molecule has 0 aromatic rings.